The summed E-state index contributed by atoms with van der Waals surface area (Å²) >= 11 is 0. The molecule has 2 fully saturated rings. The summed E-state index contributed by atoms with van der Waals surface area (Å²) in [5.41, 5.74) is 1.77. The standard InChI is InChI=1S/C23H27N3O2.ClH/c1-26(20-11-3-2-4-12-20)21(27)17-8-7-10-19(14-17)25-22(28)23-13-6-5-9-18(23)15-24-16-23;/h2-4,7-8,10-12,14,18,24H,5-6,9,13,15-16H2,1H3,(H,25,28);1H/t18-,23+;/m0./s1. The fraction of sp³-hybridized carbons (Fsp3) is 0.391. The normalized spacial score (nSPS) is 22.9. The molecular formula is C23H28ClN3O2. The SMILES string of the molecule is CN(C(=O)c1cccc(NC(=O)[C@@]23CCCC[C@H]2CNC3)c1)c1ccccc1.Cl. The number of amides is 2. The first-order valence-corrected chi connectivity index (χ1v) is 10.1. The lowest BCUT2D eigenvalue weighted by Crippen LogP contribution is -2.44. The number of nitrogens with one attached hydrogen (secondary N) is 2. The van der Waals surface area contributed by atoms with Gasteiger partial charge in [-0.2, -0.15) is 0 Å². The Balaban J connectivity index is 0.00000240. The van der Waals surface area contributed by atoms with Gasteiger partial charge >= 0.3 is 0 Å². The first kappa shape index (κ1) is 21.3. The van der Waals surface area contributed by atoms with Crippen LogP contribution in [-0.4, -0.2) is 32.0 Å². The number of hydrogen-bond acceptors (Lipinski definition) is 3. The topological polar surface area (TPSA) is 61.4 Å². The number of hydrogen-bond donors (Lipinski definition) is 2. The van der Waals surface area contributed by atoms with E-state index in [0.717, 1.165) is 38.0 Å². The van der Waals surface area contributed by atoms with Gasteiger partial charge in [-0.05, 0) is 55.6 Å². The molecule has 29 heavy (non-hydrogen) atoms. The number of carbonyl (C=O) groups excluding carboxylic acids is 2. The average Bonchev–Trinajstić information content (AvgIpc) is 3.19. The Morgan fingerprint density at radius 3 is 2.69 bits per heavy atom. The zero-order valence-corrected chi connectivity index (χ0v) is 17.5. The average molecular weight is 414 g/mol. The van der Waals surface area contributed by atoms with Crippen molar-refractivity contribution in [1.29, 1.82) is 0 Å². The number of fused-ring (bicyclic) bond motifs is 1. The van der Waals surface area contributed by atoms with Gasteiger partial charge in [-0.15, -0.1) is 12.4 Å². The number of anilines is 2. The highest BCUT2D eigenvalue weighted by molar-refractivity contribution is 6.07. The second-order valence-corrected chi connectivity index (χ2v) is 7.96. The van der Waals surface area contributed by atoms with Gasteiger partial charge < -0.3 is 15.5 Å². The monoisotopic (exact) mass is 413 g/mol. The second kappa shape index (κ2) is 8.97. The van der Waals surface area contributed by atoms with Crippen LogP contribution < -0.4 is 15.5 Å². The fourth-order valence-electron chi connectivity index (χ4n) is 4.64. The fourth-order valence-corrected chi connectivity index (χ4v) is 4.64. The molecule has 1 saturated heterocycles. The van der Waals surface area contributed by atoms with Crippen LogP contribution in [0.5, 0.6) is 0 Å². The molecule has 1 saturated carbocycles. The first-order chi connectivity index (χ1) is 13.6. The summed E-state index contributed by atoms with van der Waals surface area (Å²) in [6, 6.07) is 16.8. The first-order valence-electron chi connectivity index (χ1n) is 10.1. The van der Waals surface area contributed by atoms with Crippen molar-refractivity contribution in [2.75, 3.05) is 30.4 Å². The largest absolute Gasteiger partial charge is 0.326 e. The third kappa shape index (κ3) is 4.16. The third-order valence-electron chi connectivity index (χ3n) is 6.31. The van der Waals surface area contributed by atoms with Gasteiger partial charge in [0.2, 0.25) is 5.91 Å². The molecule has 2 amide bonds. The Morgan fingerprint density at radius 1 is 1.10 bits per heavy atom. The maximum absolute atomic E-state index is 13.2. The molecule has 6 heteroatoms. The van der Waals surface area contributed by atoms with Gasteiger partial charge in [0, 0.05) is 30.5 Å². The predicted octanol–water partition coefficient (Wildman–Crippen LogP) is 4.10. The summed E-state index contributed by atoms with van der Waals surface area (Å²) in [7, 11) is 1.76. The Morgan fingerprint density at radius 2 is 1.90 bits per heavy atom. The van der Waals surface area contributed by atoms with Crippen LogP contribution in [0.1, 0.15) is 36.0 Å². The molecule has 5 nitrogen and oxygen atoms in total. The lowest BCUT2D eigenvalue weighted by molar-refractivity contribution is -0.128. The van der Waals surface area contributed by atoms with Crippen molar-refractivity contribution in [3.8, 4) is 0 Å². The van der Waals surface area contributed by atoms with Crippen LogP contribution in [0, 0.1) is 11.3 Å². The molecule has 154 valence electrons. The summed E-state index contributed by atoms with van der Waals surface area (Å²) in [4.78, 5) is 27.7. The molecule has 0 aromatic heterocycles. The molecule has 0 radical (unpaired) electrons. The van der Waals surface area contributed by atoms with E-state index in [2.05, 4.69) is 10.6 Å². The predicted molar refractivity (Wildman–Crippen MR) is 119 cm³/mol. The summed E-state index contributed by atoms with van der Waals surface area (Å²) in [5.74, 6) is 0.400. The van der Waals surface area contributed by atoms with Crippen molar-refractivity contribution in [2.45, 2.75) is 25.7 Å². The van der Waals surface area contributed by atoms with Crippen molar-refractivity contribution < 1.29 is 9.59 Å². The van der Waals surface area contributed by atoms with Crippen LogP contribution in [0.15, 0.2) is 54.6 Å². The Labute approximate surface area is 178 Å². The van der Waals surface area contributed by atoms with Crippen LogP contribution in [0.25, 0.3) is 0 Å². The maximum Gasteiger partial charge on any atom is 0.258 e. The van der Waals surface area contributed by atoms with Gasteiger partial charge in [-0.3, -0.25) is 9.59 Å². The number of carbonyl (C=O) groups is 2. The van der Waals surface area contributed by atoms with E-state index in [9.17, 15) is 9.59 Å². The number of para-hydroxylation sites is 1. The summed E-state index contributed by atoms with van der Waals surface area (Å²) in [6.07, 6.45) is 4.36. The van der Waals surface area contributed by atoms with Crippen LogP contribution in [-0.2, 0) is 4.79 Å². The van der Waals surface area contributed by atoms with Gasteiger partial charge in [-0.25, -0.2) is 0 Å². The van der Waals surface area contributed by atoms with Crippen molar-refractivity contribution >= 4 is 35.6 Å². The van der Waals surface area contributed by atoms with Crippen molar-refractivity contribution in [3.05, 3.63) is 60.2 Å². The van der Waals surface area contributed by atoms with Crippen LogP contribution >= 0.6 is 12.4 Å². The van der Waals surface area contributed by atoms with Gasteiger partial charge in [0.1, 0.15) is 0 Å². The van der Waals surface area contributed by atoms with Gasteiger partial charge in [-0.1, -0.05) is 37.1 Å². The lowest BCUT2D eigenvalue weighted by atomic mass is 9.67. The van der Waals surface area contributed by atoms with E-state index in [4.69, 9.17) is 0 Å². The molecule has 0 unspecified atom stereocenters. The van der Waals surface area contributed by atoms with Crippen molar-refractivity contribution in [2.24, 2.45) is 11.3 Å². The Kier molecular flexibility index (Phi) is 6.60. The number of nitrogens with zero attached hydrogens (tertiary/aromatic N) is 1. The van der Waals surface area contributed by atoms with E-state index in [1.165, 1.54) is 6.42 Å². The summed E-state index contributed by atoms with van der Waals surface area (Å²) < 4.78 is 0. The molecule has 0 spiro atoms. The molecule has 2 atom stereocenters. The highest BCUT2D eigenvalue weighted by atomic mass is 35.5. The molecule has 2 aromatic carbocycles. The molecule has 2 aliphatic rings. The highest BCUT2D eigenvalue weighted by Gasteiger charge is 2.49. The van der Waals surface area contributed by atoms with Crippen molar-refractivity contribution in [1.82, 2.24) is 5.32 Å². The molecule has 4 rings (SSSR count). The number of halogens is 1. The van der Waals surface area contributed by atoms with Crippen LogP contribution in [0.3, 0.4) is 0 Å². The summed E-state index contributed by atoms with van der Waals surface area (Å²) in [5, 5.41) is 6.51. The molecule has 0 bridgehead atoms. The molecule has 1 heterocycles. The van der Waals surface area contributed by atoms with E-state index in [1.807, 2.05) is 42.5 Å². The minimum Gasteiger partial charge on any atom is -0.326 e. The van der Waals surface area contributed by atoms with Gasteiger partial charge in [0.05, 0.1) is 5.41 Å². The maximum atomic E-state index is 13.2. The van der Waals surface area contributed by atoms with Gasteiger partial charge in [0.25, 0.3) is 5.91 Å². The van der Waals surface area contributed by atoms with Crippen molar-refractivity contribution in [3.63, 3.8) is 0 Å². The zero-order valence-electron chi connectivity index (χ0n) is 16.7. The Hall–Kier alpha value is -2.37. The van der Waals surface area contributed by atoms with Gasteiger partial charge in [0.15, 0.2) is 0 Å². The van der Waals surface area contributed by atoms with E-state index in [0.29, 0.717) is 17.2 Å². The quantitative estimate of drug-likeness (QED) is 0.793. The molecular weight excluding hydrogens is 386 g/mol. The van der Waals surface area contributed by atoms with E-state index >= 15 is 0 Å². The molecule has 2 N–H and O–H groups in total. The smallest absolute Gasteiger partial charge is 0.258 e. The minimum absolute atomic E-state index is 0. The Bertz CT molecular complexity index is 873. The molecule has 2 aromatic rings. The van der Waals surface area contributed by atoms with Crippen LogP contribution in [0.2, 0.25) is 0 Å². The molecule has 1 aliphatic carbocycles. The zero-order chi connectivity index (χ0) is 19.6. The van der Waals surface area contributed by atoms with Crippen LogP contribution in [0.4, 0.5) is 11.4 Å². The highest BCUT2D eigenvalue weighted by Crippen LogP contribution is 2.44. The lowest BCUT2D eigenvalue weighted by Gasteiger charge is -2.37. The van der Waals surface area contributed by atoms with E-state index in [-0.39, 0.29) is 29.6 Å². The van der Waals surface area contributed by atoms with E-state index in [1.54, 1.807) is 24.1 Å². The second-order valence-electron chi connectivity index (χ2n) is 7.96. The van der Waals surface area contributed by atoms with E-state index < -0.39 is 0 Å². The number of rotatable bonds is 4. The molecule has 1 aliphatic heterocycles. The third-order valence-corrected chi connectivity index (χ3v) is 6.31. The summed E-state index contributed by atoms with van der Waals surface area (Å²) in [6.45, 7) is 1.67. The number of benzene rings is 2. The minimum atomic E-state index is -0.306.